The first-order chi connectivity index (χ1) is 10.3. The number of likely N-dealkylation sites (N-methyl/N-ethyl adjacent to an activating group) is 2. The predicted octanol–water partition coefficient (Wildman–Crippen LogP) is 1.76. The fourth-order valence-electron chi connectivity index (χ4n) is 2.57. The van der Waals surface area contributed by atoms with Gasteiger partial charge in [-0.15, -0.1) is 0 Å². The van der Waals surface area contributed by atoms with Crippen molar-refractivity contribution in [2.24, 2.45) is 0 Å². The monoisotopic (exact) mass is 326 g/mol. The lowest BCUT2D eigenvalue weighted by Gasteiger charge is -2.32. The van der Waals surface area contributed by atoms with Crippen LogP contribution in [0.3, 0.4) is 0 Å². The van der Waals surface area contributed by atoms with Gasteiger partial charge in [0.25, 0.3) is 0 Å². The van der Waals surface area contributed by atoms with Crippen LogP contribution >= 0.6 is 0 Å². The molecule has 0 radical (unpaired) electrons. The first-order valence-corrected chi connectivity index (χ1v) is 9.11. The van der Waals surface area contributed by atoms with Crippen LogP contribution in [0.5, 0.6) is 0 Å². The van der Waals surface area contributed by atoms with Gasteiger partial charge in [-0.1, -0.05) is 26.0 Å². The van der Waals surface area contributed by atoms with E-state index in [4.69, 9.17) is 4.74 Å². The van der Waals surface area contributed by atoms with Gasteiger partial charge in [0.2, 0.25) is 10.0 Å². The van der Waals surface area contributed by atoms with Crippen molar-refractivity contribution in [2.45, 2.75) is 30.8 Å². The normalized spacial score (nSPS) is 20.7. The van der Waals surface area contributed by atoms with Gasteiger partial charge < -0.3 is 9.64 Å². The topological polar surface area (TPSA) is 49.9 Å². The van der Waals surface area contributed by atoms with Gasteiger partial charge in [0.05, 0.1) is 17.6 Å². The van der Waals surface area contributed by atoms with E-state index in [0.717, 1.165) is 18.7 Å². The van der Waals surface area contributed by atoms with Crippen LogP contribution in [0.2, 0.25) is 0 Å². The number of nitrogens with zero attached hydrogens (tertiary/aromatic N) is 2. The summed E-state index contributed by atoms with van der Waals surface area (Å²) in [7, 11) is 0.174. The molecule has 1 heterocycles. The van der Waals surface area contributed by atoms with Crippen molar-refractivity contribution in [3.05, 3.63) is 29.8 Å². The third kappa shape index (κ3) is 4.07. The fraction of sp³-hybridized carbons (Fsp3) is 0.625. The summed E-state index contributed by atoms with van der Waals surface area (Å²) in [4.78, 5) is 2.50. The second kappa shape index (κ2) is 7.08. The van der Waals surface area contributed by atoms with Crippen molar-refractivity contribution in [3.8, 4) is 0 Å². The van der Waals surface area contributed by atoms with Gasteiger partial charge in [-0.05, 0) is 30.7 Å². The Morgan fingerprint density at radius 1 is 1.32 bits per heavy atom. The minimum atomic E-state index is -3.46. The summed E-state index contributed by atoms with van der Waals surface area (Å²) in [5.74, 6) is 0.389. The van der Waals surface area contributed by atoms with E-state index in [1.165, 1.54) is 4.31 Å². The molecule has 0 bridgehead atoms. The maximum Gasteiger partial charge on any atom is 0.242 e. The highest BCUT2D eigenvalue weighted by Gasteiger charge is 2.26. The Bertz CT molecular complexity index is 584. The SMILES string of the molecule is CC(C)c1ccc(S(=O)(=O)N(C)CC2CN(C)CCO2)cc1. The highest BCUT2D eigenvalue weighted by Crippen LogP contribution is 2.20. The zero-order chi connectivity index (χ0) is 16.3. The molecule has 1 aliphatic rings. The van der Waals surface area contributed by atoms with E-state index < -0.39 is 10.0 Å². The van der Waals surface area contributed by atoms with Crippen molar-refractivity contribution in [1.82, 2.24) is 9.21 Å². The van der Waals surface area contributed by atoms with E-state index in [1.807, 2.05) is 19.2 Å². The van der Waals surface area contributed by atoms with E-state index in [9.17, 15) is 8.42 Å². The molecule has 2 rings (SSSR count). The molecular weight excluding hydrogens is 300 g/mol. The molecule has 22 heavy (non-hydrogen) atoms. The van der Waals surface area contributed by atoms with Gasteiger partial charge in [0, 0.05) is 26.7 Å². The van der Waals surface area contributed by atoms with Crippen LogP contribution < -0.4 is 0 Å². The Kier molecular flexibility index (Phi) is 5.60. The third-order valence-corrected chi connectivity index (χ3v) is 5.90. The molecule has 1 aromatic carbocycles. The van der Waals surface area contributed by atoms with E-state index in [0.29, 0.717) is 24.0 Å². The van der Waals surface area contributed by atoms with Crippen LogP contribution in [-0.4, -0.2) is 64.1 Å². The first-order valence-electron chi connectivity index (χ1n) is 7.67. The maximum atomic E-state index is 12.6. The standard InChI is InChI=1S/C16H26N2O3S/c1-13(2)14-5-7-16(8-6-14)22(19,20)18(4)12-15-11-17(3)9-10-21-15/h5-8,13,15H,9-12H2,1-4H3. The molecule has 0 aromatic heterocycles. The number of sulfonamides is 1. The average molecular weight is 326 g/mol. The summed E-state index contributed by atoms with van der Waals surface area (Å²) in [6.45, 7) is 6.85. The van der Waals surface area contributed by atoms with E-state index >= 15 is 0 Å². The van der Waals surface area contributed by atoms with Gasteiger partial charge in [-0.2, -0.15) is 4.31 Å². The number of rotatable bonds is 5. The number of hydrogen-bond donors (Lipinski definition) is 0. The van der Waals surface area contributed by atoms with Crippen LogP contribution in [0.15, 0.2) is 29.2 Å². The smallest absolute Gasteiger partial charge is 0.242 e. The van der Waals surface area contributed by atoms with E-state index in [1.54, 1.807) is 19.2 Å². The summed E-state index contributed by atoms with van der Waals surface area (Å²) in [6.07, 6.45) is -0.0755. The summed E-state index contributed by atoms with van der Waals surface area (Å²) in [6, 6.07) is 7.15. The van der Waals surface area contributed by atoms with Crippen LogP contribution in [0, 0.1) is 0 Å². The molecular formula is C16H26N2O3S. The average Bonchev–Trinajstić information content (AvgIpc) is 2.47. The summed E-state index contributed by atoms with van der Waals surface area (Å²) in [5.41, 5.74) is 1.14. The van der Waals surface area contributed by atoms with Crippen molar-refractivity contribution < 1.29 is 13.2 Å². The molecule has 0 spiro atoms. The second-order valence-corrected chi connectivity index (χ2v) is 8.31. The minimum Gasteiger partial charge on any atom is -0.374 e. The van der Waals surface area contributed by atoms with Gasteiger partial charge >= 0.3 is 0 Å². The van der Waals surface area contributed by atoms with Crippen LogP contribution in [0.4, 0.5) is 0 Å². The quantitative estimate of drug-likeness (QED) is 0.827. The Balaban J connectivity index is 2.08. The lowest BCUT2D eigenvalue weighted by Crippen LogP contribution is -2.46. The highest BCUT2D eigenvalue weighted by atomic mass is 32.2. The van der Waals surface area contributed by atoms with Gasteiger partial charge in [0.15, 0.2) is 0 Å². The summed E-state index contributed by atoms with van der Waals surface area (Å²) < 4.78 is 32.3. The Morgan fingerprint density at radius 3 is 2.50 bits per heavy atom. The lowest BCUT2D eigenvalue weighted by molar-refractivity contribution is -0.0247. The predicted molar refractivity (Wildman–Crippen MR) is 87.6 cm³/mol. The number of morpholine rings is 1. The largest absolute Gasteiger partial charge is 0.374 e. The number of ether oxygens (including phenoxy) is 1. The Labute approximate surface area is 133 Å². The van der Waals surface area contributed by atoms with E-state index in [2.05, 4.69) is 18.7 Å². The molecule has 0 amide bonds. The maximum absolute atomic E-state index is 12.6. The molecule has 1 aliphatic heterocycles. The van der Waals surface area contributed by atoms with E-state index in [-0.39, 0.29) is 6.10 Å². The first kappa shape index (κ1) is 17.4. The van der Waals surface area contributed by atoms with Crippen molar-refractivity contribution in [2.75, 3.05) is 40.3 Å². The molecule has 0 N–H and O–H groups in total. The lowest BCUT2D eigenvalue weighted by atomic mass is 10.0. The van der Waals surface area contributed by atoms with Gasteiger partial charge in [-0.3, -0.25) is 0 Å². The molecule has 1 fully saturated rings. The van der Waals surface area contributed by atoms with Gasteiger partial charge in [0.1, 0.15) is 0 Å². The molecule has 0 aliphatic carbocycles. The third-order valence-electron chi connectivity index (χ3n) is 4.06. The van der Waals surface area contributed by atoms with Crippen molar-refractivity contribution >= 4 is 10.0 Å². The highest BCUT2D eigenvalue weighted by molar-refractivity contribution is 7.89. The van der Waals surface area contributed by atoms with Crippen LogP contribution in [0.1, 0.15) is 25.3 Å². The number of hydrogen-bond acceptors (Lipinski definition) is 4. The van der Waals surface area contributed by atoms with Crippen LogP contribution in [0.25, 0.3) is 0 Å². The molecule has 1 saturated heterocycles. The molecule has 1 atom stereocenters. The zero-order valence-corrected chi connectivity index (χ0v) is 14.6. The molecule has 124 valence electrons. The minimum absolute atomic E-state index is 0.0755. The van der Waals surface area contributed by atoms with Crippen molar-refractivity contribution in [1.29, 1.82) is 0 Å². The Morgan fingerprint density at radius 2 is 1.95 bits per heavy atom. The Hall–Kier alpha value is -0.950. The van der Waals surface area contributed by atoms with Gasteiger partial charge in [-0.25, -0.2) is 8.42 Å². The molecule has 5 nitrogen and oxygen atoms in total. The van der Waals surface area contributed by atoms with Crippen molar-refractivity contribution in [3.63, 3.8) is 0 Å². The fourth-order valence-corrected chi connectivity index (χ4v) is 3.77. The molecule has 1 aromatic rings. The molecule has 6 heteroatoms. The zero-order valence-electron chi connectivity index (χ0n) is 13.8. The summed E-state index contributed by atoms with van der Waals surface area (Å²) >= 11 is 0. The number of benzene rings is 1. The van der Waals surface area contributed by atoms with Crippen LogP contribution in [-0.2, 0) is 14.8 Å². The summed E-state index contributed by atoms with van der Waals surface area (Å²) in [5, 5.41) is 0. The second-order valence-electron chi connectivity index (χ2n) is 6.26. The molecule has 0 saturated carbocycles. The molecule has 1 unspecified atom stereocenters.